The van der Waals surface area contributed by atoms with Crippen molar-refractivity contribution in [3.05, 3.63) is 24.3 Å². The van der Waals surface area contributed by atoms with Crippen molar-refractivity contribution in [3.63, 3.8) is 0 Å². The third kappa shape index (κ3) is 5.33. The molecule has 2 rings (SSSR count). The zero-order valence-corrected chi connectivity index (χ0v) is 16.3. The molecule has 1 aliphatic rings. The second-order valence-corrected chi connectivity index (χ2v) is 8.45. The van der Waals surface area contributed by atoms with Gasteiger partial charge in [0.2, 0.25) is 5.91 Å². The van der Waals surface area contributed by atoms with Crippen LogP contribution in [0.3, 0.4) is 0 Å². The Labute approximate surface area is 155 Å². The first-order valence-electron chi connectivity index (χ1n) is 8.56. The summed E-state index contributed by atoms with van der Waals surface area (Å²) < 4.78 is 37.7. The molecule has 0 spiro atoms. The van der Waals surface area contributed by atoms with Gasteiger partial charge in [-0.25, -0.2) is 0 Å². The zero-order valence-electron chi connectivity index (χ0n) is 15.5. The monoisotopic (exact) mass is 385 g/mol. The van der Waals surface area contributed by atoms with E-state index in [9.17, 15) is 13.2 Å². The summed E-state index contributed by atoms with van der Waals surface area (Å²) in [5.41, 5.74) is 0. The Morgan fingerprint density at radius 1 is 1.35 bits per heavy atom. The van der Waals surface area contributed by atoms with Gasteiger partial charge in [-0.1, -0.05) is 6.07 Å². The highest BCUT2D eigenvalue weighted by Crippen LogP contribution is 2.21. The Bertz CT molecular complexity index is 708. The summed E-state index contributed by atoms with van der Waals surface area (Å²) in [6.07, 6.45) is 1.35. The predicted octanol–water partition coefficient (Wildman–Crippen LogP) is 0.709. The van der Waals surface area contributed by atoms with E-state index in [1.54, 1.807) is 13.2 Å². The van der Waals surface area contributed by atoms with Crippen LogP contribution in [0.2, 0.25) is 0 Å². The molecule has 1 amide bonds. The molecule has 0 saturated carbocycles. The normalized spacial score (nSPS) is 18.5. The quantitative estimate of drug-likeness (QED) is 0.666. The van der Waals surface area contributed by atoms with E-state index in [0.29, 0.717) is 44.0 Å². The topological polar surface area (TPSA) is 88.2 Å². The predicted molar refractivity (Wildman–Crippen MR) is 98.4 cm³/mol. The summed E-state index contributed by atoms with van der Waals surface area (Å²) in [6.45, 7) is 1.34. The van der Waals surface area contributed by atoms with Crippen LogP contribution in [0.5, 0.6) is 11.5 Å². The molecule has 0 aliphatic carbocycles. The van der Waals surface area contributed by atoms with E-state index in [4.69, 9.17) is 9.47 Å². The minimum Gasteiger partial charge on any atom is -0.497 e. The summed E-state index contributed by atoms with van der Waals surface area (Å²) in [4.78, 5) is 12.3. The molecule has 0 bridgehead atoms. The Hall–Kier alpha value is -1.84. The van der Waals surface area contributed by atoms with Crippen LogP contribution in [0.25, 0.3) is 0 Å². The third-order valence-corrected chi connectivity index (χ3v) is 6.16. The standard InChI is InChI=1S/C17H27N3O5S/c1-19(2)26(22,23)20-10-5-6-14(13-20)17(21)18-9-11-25-16-8-4-7-15(12-16)24-3/h4,7-8,12,14H,5-6,9-11,13H2,1-3H3,(H,18,21)/t14-/m0/s1. The number of ether oxygens (including phenoxy) is 2. The average Bonchev–Trinajstić information content (AvgIpc) is 2.65. The largest absolute Gasteiger partial charge is 0.497 e. The molecule has 1 heterocycles. The lowest BCUT2D eigenvalue weighted by Gasteiger charge is -2.32. The fourth-order valence-electron chi connectivity index (χ4n) is 2.78. The van der Waals surface area contributed by atoms with Gasteiger partial charge in [0, 0.05) is 33.3 Å². The molecule has 1 aliphatic heterocycles. The molecule has 26 heavy (non-hydrogen) atoms. The number of hydrogen-bond acceptors (Lipinski definition) is 5. The van der Waals surface area contributed by atoms with Gasteiger partial charge < -0.3 is 14.8 Å². The van der Waals surface area contributed by atoms with E-state index < -0.39 is 10.2 Å². The van der Waals surface area contributed by atoms with E-state index in [1.807, 2.05) is 18.2 Å². The van der Waals surface area contributed by atoms with Crippen molar-refractivity contribution in [3.8, 4) is 11.5 Å². The number of benzene rings is 1. The third-order valence-electron chi connectivity index (χ3n) is 4.25. The smallest absolute Gasteiger partial charge is 0.281 e. The number of amides is 1. The Morgan fingerprint density at radius 3 is 2.77 bits per heavy atom. The fraction of sp³-hybridized carbons (Fsp3) is 0.588. The van der Waals surface area contributed by atoms with Crippen molar-refractivity contribution in [2.45, 2.75) is 12.8 Å². The fourth-order valence-corrected chi connectivity index (χ4v) is 3.97. The second kappa shape index (κ2) is 9.20. The van der Waals surface area contributed by atoms with Crippen molar-refractivity contribution in [2.75, 3.05) is 47.4 Å². The molecule has 9 heteroatoms. The van der Waals surface area contributed by atoms with Crippen molar-refractivity contribution >= 4 is 16.1 Å². The number of hydrogen-bond donors (Lipinski definition) is 1. The first-order chi connectivity index (χ1) is 12.3. The molecule has 0 unspecified atom stereocenters. The molecule has 0 radical (unpaired) electrons. The lowest BCUT2D eigenvalue weighted by molar-refractivity contribution is -0.126. The van der Waals surface area contributed by atoms with Gasteiger partial charge in [0.05, 0.1) is 19.6 Å². The molecule has 0 aromatic heterocycles. The van der Waals surface area contributed by atoms with Gasteiger partial charge in [-0.05, 0) is 25.0 Å². The lowest BCUT2D eigenvalue weighted by atomic mass is 9.99. The van der Waals surface area contributed by atoms with Crippen molar-refractivity contribution < 1.29 is 22.7 Å². The van der Waals surface area contributed by atoms with E-state index in [1.165, 1.54) is 22.7 Å². The highest BCUT2D eigenvalue weighted by Gasteiger charge is 2.33. The Kier molecular flexibility index (Phi) is 7.24. The van der Waals surface area contributed by atoms with E-state index >= 15 is 0 Å². The number of piperidine rings is 1. The molecule has 8 nitrogen and oxygen atoms in total. The molecule has 146 valence electrons. The summed E-state index contributed by atoms with van der Waals surface area (Å²) in [7, 11) is 1.09. The first kappa shape index (κ1) is 20.5. The van der Waals surface area contributed by atoms with Gasteiger partial charge in [0.1, 0.15) is 18.1 Å². The molecule has 1 N–H and O–H groups in total. The van der Waals surface area contributed by atoms with Crippen LogP contribution in [-0.4, -0.2) is 70.4 Å². The second-order valence-electron chi connectivity index (χ2n) is 6.31. The molecule has 1 fully saturated rings. The van der Waals surface area contributed by atoms with Gasteiger partial charge in [0.25, 0.3) is 10.2 Å². The number of nitrogens with one attached hydrogen (secondary N) is 1. The maximum absolute atomic E-state index is 12.3. The van der Waals surface area contributed by atoms with Gasteiger partial charge >= 0.3 is 0 Å². The Balaban J connectivity index is 1.78. The summed E-state index contributed by atoms with van der Waals surface area (Å²) >= 11 is 0. The number of carbonyl (C=O) groups excluding carboxylic acids is 1. The van der Waals surface area contributed by atoms with Crippen LogP contribution in [-0.2, 0) is 15.0 Å². The van der Waals surface area contributed by atoms with Crippen molar-refractivity contribution in [1.82, 2.24) is 13.9 Å². The number of carbonyl (C=O) groups is 1. The minimum absolute atomic E-state index is 0.141. The molecule has 1 saturated heterocycles. The van der Waals surface area contributed by atoms with E-state index in [2.05, 4.69) is 5.32 Å². The highest BCUT2D eigenvalue weighted by atomic mass is 32.2. The molecule has 1 atom stereocenters. The van der Waals surface area contributed by atoms with Crippen molar-refractivity contribution in [2.24, 2.45) is 5.92 Å². The van der Waals surface area contributed by atoms with E-state index in [-0.39, 0.29) is 18.4 Å². The molecular formula is C17H27N3O5S. The lowest BCUT2D eigenvalue weighted by Crippen LogP contribution is -2.49. The summed E-state index contributed by atoms with van der Waals surface area (Å²) in [5, 5.41) is 2.82. The maximum atomic E-state index is 12.3. The van der Waals surface area contributed by atoms with Crippen LogP contribution in [0.1, 0.15) is 12.8 Å². The average molecular weight is 385 g/mol. The van der Waals surface area contributed by atoms with Crippen molar-refractivity contribution in [1.29, 1.82) is 0 Å². The summed E-state index contributed by atoms with van der Waals surface area (Å²) in [5.74, 6) is 0.892. The number of nitrogens with zero attached hydrogens (tertiary/aromatic N) is 2. The molecule has 1 aromatic carbocycles. The maximum Gasteiger partial charge on any atom is 0.281 e. The van der Waals surface area contributed by atoms with Gasteiger partial charge in [0.15, 0.2) is 0 Å². The zero-order chi connectivity index (χ0) is 19.2. The van der Waals surface area contributed by atoms with Crippen LogP contribution in [0.15, 0.2) is 24.3 Å². The van der Waals surface area contributed by atoms with Crippen LogP contribution >= 0.6 is 0 Å². The van der Waals surface area contributed by atoms with Gasteiger partial charge in [-0.15, -0.1) is 0 Å². The van der Waals surface area contributed by atoms with Crippen LogP contribution < -0.4 is 14.8 Å². The first-order valence-corrected chi connectivity index (χ1v) is 9.96. The number of rotatable bonds is 8. The number of methoxy groups -OCH3 is 1. The van der Waals surface area contributed by atoms with Crippen LogP contribution in [0, 0.1) is 5.92 Å². The molecular weight excluding hydrogens is 358 g/mol. The van der Waals surface area contributed by atoms with Crippen LogP contribution in [0.4, 0.5) is 0 Å². The Morgan fingerprint density at radius 2 is 2.08 bits per heavy atom. The highest BCUT2D eigenvalue weighted by molar-refractivity contribution is 7.86. The summed E-state index contributed by atoms with van der Waals surface area (Å²) in [6, 6.07) is 7.24. The van der Waals surface area contributed by atoms with E-state index in [0.717, 1.165) is 0 Å². The van der Waals surface area contributed by atoms with Gasteiger partial charge in [-0.3, -0.25) is 4.79 Å². The SMILES string of the molecule is COc1cccc(OCCNC(=O)[C@H]2CCCN(S(=O)(=O)N(C)C)C2)c1. The minimum atomic E-state index is -3.48. The molecule has 1 aromatic rings. The van der Waals surface area contributed by atoms with Gasteiger partial charge in [-0.2, -0.15) is 17.0 Å².